The number of thiophene rings is 1. The summed E-state index contributed by atoms with van der Waals surface area (Å²) in [6, 6.07) is 7.75. The standard InChI is InChI=1S/C22H28N2O2S/c1-13-6-9-16(10-7-13)24-20(26)19-17-11-8-15(22(3,4)5)12-18(17)27-21(19)23-14(2)25/h6-7,9-10,15H,8,11-12H2,1-5H3,(H,23,25)(H,24,26)/t15-/m1/s1. The van der Waals surface area contributed by atoms with E-state index in [0.717, 1.165) is 36.1 Å². The van der Waals surface area contributed by atoms with Crippen molar-refractivity contribution in [3.05, 3.63) is 45.8 Å². The predicted molar refractivity (Wildman–Crippen MR) is 113 cm³/mol. The Kier molecular flexibility index (Phi) is 5.43. The second-order valence-electron chi connectivity index (χ2n) is 8.51. The molecule has 3 rings (SSSR count). The average Bonchev–Trinajstić information content (AvgIpc) is 2.92. The molecule has 0 radical (unpaired) electrons. The molecule has 0 aliphatic heterocycles. The van der Waals surface area contributed by atoms with Crippen LogP contribution >= 0.6 is 11.3 Å². The SMILES string of the molecule is CC(=O)Nc1sc2c(c1C(=O)Nc1ccc(C)cc1)CC[C@@H](C(C)(C)C)C2. The number of amides is 2. The number of rotatable bonds is 3. The number of carbonyl (C=O) groups excluding carboxylic acids is 2. The highest BCUT2D eigenvalue weighted by molar-refractivity contribution is 7.17. The highest BCUT2D eigenvalue weighted by Gasteiger charge is 2.33. The summed E-state index contributed by atoms with van der Waals surface area (Å²) in [6.07, 6.45) is 2.91. The third kappa shape index (κ3) is 4.41. The summed E-state index contributed by atoms with van der Waals surface area (Å²) in [5.41, 5.74) is 3.89. The molecule has 2 aromatic rings. The molecule has 1 atom stereocenters. The lowest BCUT2D eigenvalue weighted by Crippen LogP contribution is -2.27. The number of benzene rings is 1. The van der Waals surface area contributed by atoms with E-state index in [9.17, 15) is 9.59 Å². The molecule has 144 valence electrons. The molecular weight excluding hydrogens is 356 g/mol. The van der Waals surface area contributed by atoms with E-state index in [0.29, 0.717) is 16.5 Å². The number of hydrogen-bond acceptors (Lipinski definition) is 3. The summed E-state index contributed by atoms with van der Waals surface area (Å²) in [4.78, 5) is 26.0. The number of hydrogen-bond donors (Lipinski definition) is 2. The van der Waals surface area contributed by atoms with Gasteiger partial charge in [-0.2, -0.15) is 0 Å². The molecule has 1 aliphatic rings. The summed E-state index contributed by atoms with van der Waals surface area (Å²) < 4.78 is 0. The maximum atomic E-state index is 13.1. The van der Waals surface area contributed by atoms with E-state index in [4.69, 9.17) is 0 Å². The van der Waals surface area contributed by atoms with E-state index in [1.165, 1.54) is 11.8 Å². The molecule has 0 spiro atoms. The van der Waals surface area contributed by atoms with E-state index in [2.05, 4.69) is 31.4 Å². The lowest BCUT2D eigenvalue weighted by molar-refractivity contribution is -0.114. The Balaban J connectivity index is 1.93. The van der Waals surface area contributed by atoms with Crippen LogP contribution in [0.15, 0.2) is 24.3 Å². The van der Waals surface area contributed by atoms with Crippen molar-refractivity contribution in [1.82, 2.24) is 0 Å². The van der Waals surface area contributed by atoms with Gasteiger partial charge >= 0.3 is 0 Å². The minimum atomic E-state index is -0.148. The first kappa shape index (κ1) is 19.6. The van der Waals surface area contributed by atoms with Crippen LogP contribution in [0.4, 0.5) is 10.7 Å². The van der Waals surface area contributed by atoms with Crippen molar-refractivity contribution in [3.8, 4) is 0 Å². The smallest absolute Gasteiger partial charge is 0.258 e. The fourth-order valence-corrected chi connectivity index (χ4v) is 5.01. The molecule has 0 unspecified atom stereocenters. The van der Waals surface area contributed by atoms with E-state index in [1.807, 2.05) is 31.2 Å². The van der Waals surface area contributed by atoms with Gasteiger partial charge < -0.3 is 10.6 Å². The molecule has 0 fully saturated rings. The van der Waals surface area contributed by atoms with E-state index >= 15 is 0 Å². The van der Waals surface area contributed by atoms with Gasteiger partial charge in [0, 0.05) is 17.5 Å². The van der Waals surface area contributed by atoms with Crippen LogP contribution in [0.5, 0.6) is 0 Å². The fourth-order valence-electron chi connectivity index (χ4n) is 3.64. The number of anilines is 2. The average molecular weight is 385 g/mol. The molecule has 0 bridgehead atoms. The van der Waals surface area contributed by atoms with Gasteiger partial charge in [0.25, 0.3) is 5.91 Å². The van der Waals surface area contributed by atoms with Gasteiger partial charge in [-0.15, -0.1) is 11.3 Å². The normalized spacial score (nSPS) is 16.6. The maximum absolute atomic E-state index is 13.1. The van der Waals surface area contributed by atoms with Gasteiger partial charge in [0.15, 0.2) is 0 Å². The van der Waals surface area contributed by atoms with Crippen LogP contribution in [0, 0.1) is 18.3 Å². The van der Waals surface area contributed by atoms with Gasteiger partial charge in [-0.25, -0.2) is 0 Å². The Morgan fingerprint density at radius 2 is 1.78 bits per heavy atom. The van der Waals surface area contributed by atoms with Crippen molar-refractivity contribution in [3.63, 3.8) is 0 Å². The molecule has 5 heteroatoms. The quantitative estimate of drug-likeness (QED) is 0.742. The Labute approximate surface area is 165 Å². The molecule has 1 aliphatic carbocycles. The number of carbonyl (C=O) groups is 2. The number of aryl methyl sites for hydroxylation is 1. The summed E-state index contributed by atoms with van der Waals surface area (Å²) in [5.74, 6) is 0.293. The predicted octanol–water partition coefficient (Wildman–Crippen LogP) is 5.42. The Morgan fingerprint density at radius 1 is 1.11 bits per heavy atom. The van der Waals surface area contributed by atoms with Crippen LogP contribution in [0.25, 0.3) is 0 Å². The summed E-state index contributed by atoms with van der Waals surface area (Å²) in [5, 5.41) is 6.54. The molecule has 2 N–H and O–H groups in total. The zero-order valence-corrected chi connectivity index (χ0v) is 17.5. The molecule has 0 saturated heterocycles. The van der Waals surface area contributed by atoms with Crippen molar-refractivity contribution in [2.75, 3.05) is 10.6 Å². The molecule has 27 heavy (non-hydrogen) atoms. The van der Waals surface area contributed by atoms with Crippen LogP contribution in [0.3, 0.4) is 0 Å². The lowest BCUT2D eigenvalue weighted by Gasteiger charge is -2.33. The molecule has 2 amide bonds. The molecular formula is C22H28N2O2S. The third-order valence-electron chi connectivity index (χ3n) is 5.32. The molecule has 1 aromatic heterocycles. The highest BCUT2D eigenvalue weighted by Crippen LogP contribution is 2.44. The van der Waals surface area contributed by atoms with Gasteiger partial charge in [0.05, 0.1) is 5.56 Å². The first-order valence-electron chi connectivity index (χ1n) is 9.45. The maximum Gasteiger partial charge on any atom is 0.258 e. The summed E-state index contributed by atoms with van der Waals surface area (Å²) in [6.45, 7) is 10.3. The minimum absolute atomic E-state index is 0.144. The Hall–Kier alpha value is -2.14. The number of nitrogens with one attached hydrogen (secondary N) is 2. The highest BCUT2D eigenvalue weighted by atomic mass is 32.1. The van der Waals surface area contributed by atoms with E-state index < -0.39 is 0 Å². The van der Waals surface area contributed by atoms with Crippen LogP contribution in [-0.2, 0) is 17.6 Å². The topological polar surface area (TPSA) is 58.2 Å². The molecule has 1 aromatic carbocycles. The van der Waals surface area contributed by atoms with E-state index in [-0.39, 0.29) is 17.2 Å². The molecule has 1 heterocycles. The van der Waals surface area contributed by atoms with E-state index in [1.54, 1.807) is 11.3 Å². The zero-order chi connectivity index (χ0) is 19.8. The second-order valence-corrected chi connectivity index (χ2v) is 9.62. The van der Waals surface area contributed by atoms with Crippen molar-refractivity contribution >= 4 is 33.8 Å². The van der Waals surface area contributed by atoms with Crippen LogP contribution in [0.1, 0.15) is 60.5 Å². The van der Waals surface area contributed by atoms with Gasteiger partial charge in [-0.05, 0) is 55.2 Å². The first-order valence-corrected chi connectivity index (χ1v) is 10.3. The Bertz CT molecular complexity index is 860. The second kappa shape index (κ2) is 7.47. The fraction of sp³-hybridized carbons (Fsp3) is 0.455. The third-order valence-corrected chi connectivity index (χ3v) is 6.49. The van der Waals surface area contributed by atoms with Crippen molar-refractivity contribution in [2.45, 2.75) is 53.9 Å². The first-order chi connectivity index (χ1) is 12.6. The summed E-state index contributed by atoms with van der Waals surface area (Å²) in [7, 11) is 0. The zero-order valence-electron chi connectivity index (χ0n) is 16.7. The van der Waals surface area contributed by atoms with Gasteiger partial charge in [0.1, 0.15) is 5.00 Å². The van der Waals surface area contributed by atoms with Crippen LogP contribution in [0.2, 0.25) is 0 Å². The Morgan fingerprint density at radius 3 is 2.37 bits per heavy atom. The molecule has 0 saturated carbocycles. The largest absolute Gasteiger partial charge is 0.322 e. The van der Waals surface area contributed by atoms with Gasteiger partial charge in [0.2, 0.25) is 5.91 Å². The monoisotopic (exact) mass is 384 g/mol. The van der Waals surface area contributed by atoms with Crippen LogP contribution < -0.4 is 10.6 Å². The van der Waals surface area contributed by atoms with Crippen molar-refractivity contribution in [1.29, 1.82) is 0 Å². The number of fused-ring (bicyclic) bond motifs is 1. The summed E-state index contributed by atoms with van der Waals surface area (Å²) >= 11 is 1.56. The minimum Gasteiger partial charge on any atom is -0.322 e. The lowest BCUT2D eigenvalue weighted by atomic mass is 9.72. The molecule has 4 nitrogen and oxygen atoms in total. The van der Waals surface area contributed by atoms with Crippen molar-refractivity contribution in [2.24, 2.45) is 11.3 Å². The van der Waals surface area contributed by atoms with Gasteiger partial charge in [-0.3, -0.25) is 9.59 Å². The van der Waals surface area contributed by atoms with Crippen LogP contribution in [-0.4, -0.2) is 11.8 Å². The van der Waals surface area contributed by atoms with Gasteiger partial charge in [-0.1, -0.05) is 38.5 Å². The van der Waals surface area contributed by atoms with Crippen molar-refractivity contribution < 1.29 is 9.59 Å².